The predicted octanol–water partition coefficient (Wildman–Crippen LogP) is 1.19. The Morgan fingerprint density at radius 1 is 1.29 bits per heavy atom. The van der Waals surface area contributed by atoms with Crippen molar-refractivity contribution in [2.75, 3.05) is 5.73 Å². The van der Waals surface area contributed by atoms with Crippen LogP contribution in [0.1, 0.15) is 10.4 Å². The monoisotopic (exact) mass is 189 g/mol. The number of nitrogen functional groups attached to an aromatic ring is 1. The number of fused-ring (bicyclic) bond motifs is 1. The molecule has 0 saturated heterocycles. The van der Waals surface area contributed by atoms with E-state index >= 15 is 0 Å². The quantitative estimate of drug-likeness (QED) is 0.540. The van der Waals surface area contributed by atoms with Crippen molar-refractivity contribution >= 4 is 22.9 Å². The van der Waals surface area contributed by atoms with Crippen LogP contribution < -0.4 is 11.4 Å². The molecule has 1 heterocycles. The lowest BCUT2D eigenvalue weighted by Crippen LogP contribution is -2.10. The largest absolute Gasteiger partial charge is 0.421 e. The molecule has 0 radical (unpaired) electrons. The van der Waals surface area contributed by atoms with Crippen molar-refractivity contribution < 1.29 is 9.21 Å². The van der Waals surface area contributed by atoms with Gasteiger partial charge in [-0.2, -0.15) is 0 Å². The van der Waals surface area contributed by atoms with Crippen LogP contribution in [0, 0.1) is 0 Å². The zero-order chi connectivity index (χ0) is 10.1. The normalized spacial score (nSPS) is 10.3. The topological polar surface area (TPSA) is 73.3 Å². The van der Waals surface area contributed by atoms with Gasteiger partial charge in [0.05, 0.1) is 5.56 Å². The van der Waals surface area contributed by atoms with E-state index in [-0.39, 0.29) is 11.3 Å². The number of carbonyl (C=O) groups excluding carboxylic acids is 1. The lowest BCUT2D eigenvalue weighted by Gasteiger charge is -2.01. The van der Waals surface area contributed by atoms with E-state index in [1.54, 1.807) is 24.3 Å². The summed E-state index contributed by atoms with van der Waals surface area (Å²) in [5.74, 6) is 0. The van der Waals surface area contributed by atoms with Gasteiger partial charge in [0.1, 0.15) is 11.3 Å². The van der Waals surface area contributed by atoms with Gasteiger partial charge in [0.15, 0.2) is 6.29 Å². The fourth-order valence-corrected chi connectivity index (χ4v) is 1.32. The van der Waals surface area contributed by atoms with Crippen molar-refractivity contribution in [3.8, 4) is 0 Å². The third kappa shape index (κ3) is 1.08. The van der Waals surface area contributed by atoms with Crippen LogP contribution in [-0.2, 0) is 0 Å². The molecular weight excluding hydrogens is 182 g/mol. The number of benzene rings is 1. The average Bonchev–Trinajstić information content (AvgIpc) is 2.20. The Kier molecular flexibility index (Phi) is 1.81. The summed E-state index contributed by atoms with van der Waals surface area (Å²) in [4.78, 5) is 21.9. The van der Waals surface area contributed by atoms with Crippen molar-refractivity contribution in [1.82, 2.24) is 0 Å². The number of carbonyl (C=O) groups is 1. The molecule has 0 unspecified atom stereocenters. The van der Waals surface area contributed by atoms with E-state index in [4.69, 9.17) is 10.2 Å². The van der Waals surface area contributed by atoms with Crippen molar-refractivity contribution in [3.05, 3.63) is 40.2 Å². The standard InChI is InChI=1S/C10H7NO3/c11-9-7(5-12)6-3-1-2-4-8(6)14-10(9)13/h1-5H,11H2. The van der Waals surface area contributed by atoms with Gasteiger partial charge in [0.2, 0.25) is 0 Å². The van der Waals surface area contributed by atoms with Crippen LogP contribution in [0.5, 0.6) is 0 Å². The number of hydrogen-bond donors (Lipinski definition) is 1. The number of rotatable bonds is 1. The van der Waals surface area contributed by atoms with Gasteiger partial charge in [-0.15, -0.1) is 0 Å². The molecule has 0 fully saturated rings. The summed E-state index contributed by atoms with van der Waals surface area (Å²) in [6.07, 6.45) is 0.564. The molecule has 0 saturated carbocycles. The first-order chi connectivity index (χ1) is 6.74. The van der Waals surface area contributed by atoms with Crippen LogP contribution >= 0.6 is 0 Å². The van der Waals surface area contributed by atoms with Crippen LogP contribution in [0.25, 0.3) is 11.0 Å². The van der Waals surface area contributed by atoms with Crippen LogP contribution in [0.4, 0.5) is 5.69 Å². The molecule has 0 amide bonds. The Balaban J connectivity index is 3.03. The van der Waals surface area contributed by atoms with E-state index in [9.17, 15) is 9.59 Å². The molecule has 2 N–H and O–H groups in total. The molecule has 0 bridgehead atoms. The minimum Gasteiger partial charge on any atom is -0.421 e. The smallest absolute Gasteiger partial charge is 0.360 e. The minimum atomic E-state index is -0.675. The summed E-state index contributed by atoms with van der Waals surface area (Å²) in [5.41, 5.74) is 5.17. The second-order valence-corrected chi connectivity index (χ2v) is 2.83. The highest BCUT2D eigenvalue weighted by molar-refractivity contribution is 6.00. The summed E-state index contributed by atoms with van der Waals surface area (Å²) in [6, 6.07) is 6.76. The van der Waals surface area contributed by atoms with E-state index in [1.807, 2.05) is 0 Å². The average molecular weight is 189 g/mol. The number of para-hydroxylation sites is 1. The SMILES string of the molecule is Nc1c(C=O)c2ccccc2oc1=O. The minimum absolute atomic E-state index is 0.140. The van der Waals surface area contributed by atoms with E-state index < -0.39 is 5.63 Å². The summed E-state index contributed by atoms with van der Waals surface area (Å²) < 4.78 is 4.90. The first-order valence-electron chi connectivity index (χ1n) is 4.00. The highest BCUT2D eigenvalue weighted by atomic mass is 16.4. The first kappa shape index (κ1) is 8.50. The maximum absolute atomic E-state index is 11.2. The van der Waals surface area contributed by atoms with Crippen LogP contribution in [0.3, 0.4) is 0 Å². The molecule has 0 spiro atoms. The Morgan fingerprint density at radius 2 is 2.00 bits per heavy atom. The van der Waals surface area contributed by atoms with Crippen LogP contribution in [-0.4, -0.2) is 6.29 Å². The molecule has 4 nitrogen and oxygen atoms in total. The maximum Gasteiger partial charge on any atom is 0.360 e. The van der Waals surface area contributed by atoms with E-state index in [2.05, 4.69) is 0 Å². The van der Waals surface area contributed by atoms with E-state index in [0.29, 0.717) is 17.3 Å². The molecule has 2 rings (SSSR count). The predicted molar refractivity (Wildman–Crippen MR) is 52.3 cm³/mol. The number of nitrogens with two attached hydrogens (primary N) is 1. The molecule has 1 aromatic carbocycles. The van der Waals surface area contributed by atoms with Gasteiger partial charge in [0.25, 0.3) is 0 Å². The molecule has 2 aromatic rings. The van der Waals surface area contributed by atoms with Crippen LogP contribution in [0.15, 0.2) is 33.5 Å². The lowest BCUT2D eigenvalue weighted by molar-refractivity contribution is 0.112. The summed E-state index contributed by atoms with van der Waals surface area (Å²) in [5, 5.41) is 0.555. The summed E-state index contributed by atoms with van der Waals surface area (Å²) in [6.45, 7) is 0. The number of aldehydes is 1. The molecule has 0 aliphatic rings. The summed E-state index contributed by atoms with van der Waals surface area (Å²) in [7, 11) is 0. The van der Waals surface area contributed by atoms with Crippen molar-refractivity contribution in [1.29, 1.82) is 0 Å². The van der Waals surface area contributed by atoms with Crippen molar-refractivity contribution in [3.63, 3.8) is 0 Å². The Morgan fingerprint density at radius 3 is 2.71 bits per heavy atom. The second kappa shape index (κ2) is 2.99. The fraction of sp³-hybridized carbons (Fsp3) is 0. The Hall–Kier alpha value is -2.10. The fourth-order valence-electron chi connectivity index (χ4n) is 1.32. The van der Waals surface area contributed by atoms with Gasteiger partial charge >= 0.3 is 5.63 Å². The van der Waals surface area contributed by atoms with E-state index in [1.165, 1.54) is 0 Å². The molecule has 70 valence electrons. The molecule has 14 heavy (non-hydrogen) atoms. The molecule has 0 atom stereocenters. The van der Waals surface area contributed by atoms with Crippen molar-refractivity contribution in [2.24, 2.45) is 0 Å². The zero-order valence-electron chi connectivity index (χ0n) is 7.19. The van der Waals surface area contributed by atoms with E-state index in [0.717, 1.165) is 0 Å². The number of anilines is 1. The Labute approximate surface area is 78.9 Å². The highest BCUT2D eigenvalue weighted by Crippen LogP contribution is 2.18. The second-order valence-electron chi connectivity index (χ2n) is 2.83. The third-order valence-corrected chi connectivity index (χ3v) is 2.01. The van der Waals surface area contributed by atoms with Gasteiger partial charge in [-0.3, -0.25) is 4.79 Å². The molecule has 4 heteroatoms. The third-order valence-electron chi connectivity index (χ3n) is 2.01. The van der Waals surface area contributed by atoms with Crippen molar-refractivity contribution in [2.45, 2.75) is 0 Å². The van der Waals surface area contributed by atoms with Gasteiger partial charge < -0.3 is 10.2 Å². The molecular formula is C10H7NO3. The number of hydrogen-bond acceptors (Lipinski definition) is 4. The lowest BCUT2D eigenvalue weighted by atomic mass is 10.1. The maximum atomic E-state index is 11.2. The van der Waals surface area contributed by atoms with Gasteiger partial charge in [-0.1, -0.05) is 18.2 Å². The van der Waals surface area contributed by atoms with Gasteiger partial charge in [-0.05, 0) is 6.07 Å². The molecule has 1 aromatic heterocycles. The highest BCUT2D eigenvalue weighted by Gasteiger charge is 2.09. The molecule has 0 aliphatic heterocycles. The zero-order valence-corrected chi connectivity index (χ0v) is 7.19. The molecule has 0 aliphatic carbocycles. The van der Waals surface area contributed by atoms with Crippen LogP contribution in [0.2, 0.25) is 0 Å². The van der Waals surface area contributed by atoms with Gasteiger partial charge in [-0.25, -0.2) is 4.79 Å². The summed E-state index contributed by atoms with van der Waals surface area (Å²) >= 11 is 0. The first-order valence-corrected chi connectivity index (χ1v) is 4.00. The van der Waals surface area contributed by atoms with Gasteiger partial charge in [0, 0.05) is 5.39 Å². The Bertz CT molecular complexity index is 557.